The Kier molecular flexibility index (Phi) is 3.89. The van der Waals surface area contributed by atoms with E-state index in [1.165, 1.54) is 0 Å². The van der Waals surface area contributed by atoms with Crippen molar-refractivity contribution in [2.24, 2.45) is 0 Å². The smallest absolute Gasteiger partial charge is 0.337 e. The Balaban J connectivity index is 3.69. The molecule has 0 heterocycles. The molecule has 0 radical (unpaired) electrons. The molecule has 6 nitrogen and oxygen atoms in total. The van der Waals surface area contributed by atoms with Gasteiger partial charge in [0.15, 0.2) is 6.29 Å². The fraction of sp³-hybridized carbons (Fsp3) is 0.750. The van der Waals surface area contributed by atoms with Crippen LogP contribution < -0.4 is 0 Å². The maximum atomic E-state index is 9.84. The zero-order chi connectivity index (χ0) is 8.15. The van der Waals surface area contributed by atoms with Crippen LogP contribution in [-0.4, -0.2) is 45.6 Å². The number of hydrogen-bond donors (Lipinski definition) is 4. The largest absolute Gasteiger partial charge is 0.479 e. The summed E-state index contributed by atoms with van der Waals surface area (Å²) in [5.41, 5.74) is 0. The number of rotatable bonds is 4. The van der Waals surface area contributed by atoms with Crippen LogP contribution in [0.2, 0.25) is 0 Å². The Bertz CT molecular complexity index is 112. The molecule has 0 saturated heterocycles. The number of hydrogen-bond acceptors (Lipinski definition) is 5. The van der Waals surface area contributed by atoms with Gasteiger partial charge in [0.1, 0.15) is 6.79 Å². The van der Waals surface area contributed by atoms with Crippen molar-refractivity contribution in [3.05, 3.63) is 0 Å². The summed E-state index contributed by atoms with van der Waals surface area (Å²) in [6.45, 7) is -0.842. The molecule has 0 unspecified atom stereocenters. The third-order valence-corrected chi connectivity index (χ3v) is 0.768. The highest BCUT2D eigenvalue weighted by Gasteiger charge is 2.23. The number of ether oxygens (including phenoxy) is 1. The first-order valence-corrected chi connectivity index (χ1v) is 2.41. The van der Waals surface area contributed by atoms with Gasteiger partial charge in [0, 0.05) is 0 Å². The van der Waals surface area contributed by atoms with E-state index in [9.17, 15) is 4.79 Å². The number of carboxylic acids is 1. The molecule has 0 aromatic rings. The summed E-state index contributed by atoms with van der Waals surface area (Å²) in [5, 5.41) is 32.9. The number of aliphatic carboxylic acids is 1. The first-order chi connectivity index (χ1) is 4.59. The van der Waals surface area contributed by atoms with Gasteiger partial charge in [-0.15, -0.1) is 0 Å². The van der Waals surface area contributed by atoms with Crippen LogP contribution in [0.15, 0.2) is 0 Å². The standard InChI is InChI=1S/C4H8O6/c5-1-10-4(9)2(6)3(7)8/h2,4-6,9H,1H2,(H,7,8)/t2-,4-/m0/s1. The molecule has 0 bridgehead atoms. The molecule has 0 amide bonds. The first kappa shape index (κ1) is 9.31. The molecule has 0 spiro atoms. The Morgan fingerprint density at radius 3 is 2.30 bits per heavy atom. The highest BCUT2D eigenvalue weighted by atomic mass is 16.7. The molecule has 0 aromatic carbocycles. The Hall–Kier alpha value is -0.690. The molecule has 0 aromatic heterocycles. The maximum Gasteiger partial charge on any atom is 0.337 e. The molecule has 0 aliphatic carbocycles. The maximum absolute atomic E-state index is 9.84. The van der Waals surface area contributed by atoms with Gasteiger partial charge >= 0.3 is 5.97 Å². The molecule has 2 atom stereocenters. The van der Waals surface area contributed by atoms with Crippen molar-refractivity contribution >= 4 is 5.97 Å². The van der Waals surface area contributed by atoms with E-state index in [4.69, 9.17) is 20.4 Å². The zero-order valence-electron chi connectivity index (χ0n) is 4.97. The predicted molar refractivity (Wildman–Crippen MR) is 27.8 cm³/mol. The van der Waals surface area contributed by atoms with Gasteiger partial charge < -0.3 is 25.2 Å². The second-order valence-electron chi connectivity index (χ2n) is 1.47. The predicted octanol–water partition coefficient (Wildman–Crippen LogP) is -2.28. The summed E-state index contributed by atoms with van der Waals surface area (Å²) in [4.78, 5) is 9.84. The average Bonchev–Trinajstić information content (AvgIpc) is 1.87. The highest BCUT2D eigenvalue weighted by molar-refractivity contribution is 5.72. The van der Waals surface area contributed by atoms with Gasteiger partial charge in [-0.05, 0) is 0 Å². The Morgan fingerprint density at radius 2 is 2.00 bits per heavy atom. The van der Waals surface area contributed by atoms with Crippen LogP contribution in [0.25, 0.3) is 0 Å². The summed E-state index contributed by atoms with van der Waals surface area (Å²) in [7, 11) is 0. The molecule has 0 fully saturated rings. The lowest BCUT2D eigenvalue weighted by atomic mass is 10.3. The number of aliphatic hydroxyl groups excluding tert-OH is 3. The van der Waals surface area contributed by atoms with E-state index < -0.39 is 25.2 Å². The minimum absolute atomic E-state index is 0.842. The normalized spacial score (nSPS) is 16.3. The van der Waals surface area contributed by atoms with Gasteiger partial charge in [-0.1, -0.05) is 0 Å². The van der Waals surface area contributed by atoms with E-state index in [2.05, 4.69) is 4.74 Å². The highest BCUT2D eigenvalue weighted by Crippen LogP contribution is 1.94. The quantitative estimate of drug-likeness (QED) is 0.338. The molecule has 0 saturated carbocycles. The lowest BCUT2D eigenvalue weighted by Gasteiger charge is -2.11. The van der Waals surface area contributed by atoms with Crippen LogP contribution in [0.4, 0.5) is 0 Å². The number of carbonyl (C=O) groups is 1. The summed E-state index contributed by atoms with van der Waals surface area (Å²) in [6, 6.07) is 0. The van der Waals surface area contributed by atoms with Crippen LogP contribution in [0, 0.1) is 0 Å². The van der Waals surface area contributed by atoms with Gasteiger partial charge in [0.05, 0.1) is 0 Å². The van der Waals surface area contributed by atoms with E-state index in [-0.39, 0.29) is 0 Å². The van der Waals surface area contributed by atoms with Gasteiger partial charge in [-0.3, -0.25) is 0 Å². The Morgan fingerprint density at radius 1 is 1.50 bits per heavy atom. The average molecular weight is 152 g/mol. The van der Waals surface area contributed by atoms with Crippen LogP contribution in [0.1, 0.15) is 0 Å². The van der Waals surface area contributed by atoms with E-state index in [1.807, 2.05) is 0 Å². The SMILES string of the molecule is O=C(O)[C@H](O)[C@@H](O)OCO. The lowest BCUT2D eigenvalue weighted by Crippen LogP contribution is -2.35. The van der Waals surface area contributed by atoms with E-state index in [1.54, 1.807) is 0 Å². The summed E-state index contributed by atoms with van der Waals surface area (Å²) in [5.74, 6) is -1.61. The summed E-state index contributed by atoms with van der Waals surface area (Å²) in [6.07, 6.45) is -3.91. The monoisotopic (exact) mass is 152 g/mol. The molecule has 60 valence electrons. The fourth-order valence-electron chi connectivity index (χ4n) is 0.289. The minimum Gasteiger partial charge on any atom is -0.479 e. The van der Waals surface area contributed by atoms with Crippen molar-refractivity contribution in [2.45, 2.75) is 12.4 Å². The molecular weight excluding hydrogens is 144 g/mol. The molecule has 0 rings (SSSR count). The van der Waals surface area contributed by atoms with Crippen LogP contribution >= 0.6 is 0 Å². The molecule has 10 heavy (non-hydrogen) atoms. The summed E-state index contributed by atoms with van der Waals surface area (Å²) >= 11 is 0. The minimum atomic E-state index is -2.02. The topological polar surface area (TPSA) is 107 Å². The molecular formula is C4H8O6. The fourth-order valence-corrected chi connectivity index (χ4v) is 0.289. The van der Waals surface area contributed by atoms with Crippen molar-refractivity contribution in [3.8, 4) is 0 Å². The molecule has 0 aliphatic rings. The second kappa shape index (κ2) is 4.18. The lowest BCUT2D eigenvalue weighted by molar-refractivity contribution is -0.206. The van der Waals surface area contributed by atoms with Crippen molar-refractivity contribution in [2.75, 3.05) is 6.79 Å². The molecule has 4 N–H and O–H groups in total. The van der Waals surface area contributed by atoms with Crippen LogP contribution in [0.5, 0.6) is 0 Å². The van der Waals surface area contributed by atoms with E-state index in [0.29, 0.717) is 0 Å². The molecule has 0 aliphatic heterocycles. The van der Waals surface area contributed by atoms with Crippen molar-refractivity contribution < 1.29 is 30.0 Å². The van der Waals surface area contributed by atoms with Gasteiger partial charge in [0.2, 0.25) is 6.10 Å². The van der Waals surface area contributed by atoms with E-state index >= 15 is 0 Å². The summed E-state index contributed by atoms with van der Waals surface area (Å²) < 4.78 is 3.95. The molecule has 6 heteroatoms. The van der Waals surface area contributed by atoms with Crippen molar-refractivity contribution in [3.63, 3.8) is 0 Å². The van der Waals surface area contributed by atoms with Crippen molar-refractivity contribution in [1.29, 1.82) is 0 Å². The van der Waals surface area contributed by atoms with Gasteiger partial charge in [-0.2, -0.15) is 0 Å². The van der Waals surface area contributed by atoms with Gasteiger partial charge in [0.25, 0.3) is 0 Å². The zero-order valence-corrected chi connectivity index (χ0v) is 4.97. The Labute approximate surface area is 56.3 Å². The number of carboxylic acid groups (broad SMARTS) is 1. The third-order valence-electron chi connectivity index (χ3n) is 0.768. The van der Waals surface area contributed by atoms with Crippen molar-refractivity contribution in [1.82, 2.24) is 0 Å². The van der Waals surface area contributed by atoms with E-state index in [0.717, 1.165) is 0 Å². The van der Waals surface area contributed by atoms with Crippen LogP contribution in [0.3, 0.4) is 0 Å². The second-order valence-corrected chi connectivity index (χ2v) is 1.47. The third kappa shape index (κ3) is 2.74. The van der Waals surface area contributed by atoms with Crippen LogP contribution in [-0.2, 0) is 9.53 Å². The number of aliphatic hydroxyl groups is 3. The van der Waals surface area contributed by atoms with Gasteiger partial charge in [-0.25, -0.2) is 4.79 Å². The first-order valence-electron chi connectivity index (χ1n) is 2.41.